The number of rotatable bonds is 14. The first-order valence-electron chi connectivity index (χ1n) is 19.6. The molecule has 310 valence electrons. The fourth-order valence-corrected chi connectivity index (χ4v) is 7.39. The third kappa shape index (κ3) is 10.2. The molecule has 2 aromatic carbocycles. The SMILES string of the molecule is COCCCCN1C(=O)C(C)(C)Oc2c(F)cc(C(=O)N(C(C)C)C3CCCCC3)cc21.COCCCCN1C(=O)C(C)(C)Oc2c(F)cc(C(=O)OC)cc21. The zero-order chi connectivity index (χ0) is 41.4. The molecule has 1 aliphatic carbocycles. The largest absolute Gasteiger partial charge is 0.473 e. The Morgan fingerprint density at radius 3 is 1.62 bits per heavy atom. The molecule has 0 aromatic heterocycles. The van der Waals surface area contributed by atoms with Crippen LogP contribution >= 0.6 is 0 Å². The van der Waals surface area contributed by atoms with Crippen LogP contribution in [0.2, 0.25) is 0 Å². The summed E-state index contributed by atoms with van der Waals surface area (Å²) < 4.78 is 55.7. The molecular formula is C42H59F2N3O9. The summed E-state index contributed by atoms with van der Waals surface area (Å²) in [5.41, 5.74) is -1.47. The first kappa shape index (κ1) is 44.4. The monoisotopic (exact) mass is 787 g/mol. The number of esters is 1. The maximum absolute atomic E-state index is 15.2. The van der Waals surface area contributed by atoms with Crippen molar-refractivity contribution in [2.45, 2.75) is 123 Å². The zero-order valence-corrected chi connectivity index (χ0v) is 34.4. The van der Waals surface area contributed by atoms with Gasteiger partial charge in [0.05, 0.1) is 24.0 Å². The van der Waals surface area contributed by atoms with Crippen molar-refractivity contribution in [2.24, 2.45) is 0 Å². The Morgan fingerprint density at radius 2 is 1.20 bits per heavy atom. The summed E-state index contributed by atoms with van der Waals surface area (Å²) in [7, 11) is 4.46. The topological polar surface area (TPSA) is 124 Å². The number of hydrogen-bond donors (Lipinski definition) is 0. The summed E-state index contributed by atoms with van der Waals surface area (Å²) in [6.45, 7) is 12.4. The van der Waals surface area contributed by atoms with Crippen molar-refractivity contribution in [3.63, 3.8) is 0 Å². The zero-order valence-electron chi connectivity index (χ0n) is 34.4. The van der Waals surface area contributed by atoms with Crippen LogP contribution < -0.4 is 19.3 Å². The van der Waals surface area contributed by atoms with E-state index >= 15 is 4.39 Å². The van der Waals surface area contributed by atoms with Crippen molar-refractivity contribution in [3.05, 3.63) is 47.0 Å². The fourth-order valence-electron chi connectivity index (χ4n) is 7.39. The number of methoxy groups -OCH3 is 3. The second-order valence-electron chi connectivity index (χ2n) is 15.7. The second kappa shape index (κ2) is 19.2. The lowest BCUT2D eigenvalue weighted by Crippen LogP contribution is -2.53. The number of carbonyl (C=O) groups excluding carboxylic acids is 4. The smallest absolute Gasteiger partial charge is 0.338 e. The van der Waals surface area contributed by atoms with Crippen LogP contribution in [0, 0.1) is 11.6 Å². The number of fused-ring (bicyclic) bond motifs is 2. The van der Waals surface area contributed by atoms with E-state index in [0.717, 1.165) is 44.6 Å². The predicted molar refractivity (Wildman–Crippen MR) is 209 cm³/mol. The van der Waals surface area contributed by atoms with Gasteiger partial charge in [0, 0.05) is 58.2 Å². The minimum absolute atomic E-state index is 0.00616. The van der Waals surface area contributed by atoms with Gasteiger partial charge in [-0.2, -0.15) is 0 Å². The molecule has 56 heavy (non-hydrogen) atoms. The molecule has 2 heterocycles. The van der Waals surface area contributed by atoms with Gasteiger partial charge in [-0.3, -0.25) is 14.4 Å². The van der Waals surface area contributed by atoms with Gasteiger partial charge in [-0.1, -0.05) is 19.3 Å². The van der Waals surface area contributed by atoms with Crippen molar-refractivity contribution >= 4 is 35.1 Å². The highest BCUT2D eigenvalue weighted by molar-refractivity contribution is 6.05. The molecule has 14 heteroatoms. The van der Waals surface area contributed by atoms with Gasteiger partial charge < -0.3 is 38.4 Å². The highest BCUT2D eigenvalue weighted by Gasteiger charge is 2.44. The molecule has 0 spiro atoms. The molecule has 3 amide bonds. The van der Waals surface area contributed by atoms with E-state index in [1.807, 2.05) is 18.7 Å². The molecule has 3 aliphatic rings. The van der Waals surface area contributed by atoms with Crippen LogP contribution in [0.4, 0.5) is 20.2 Å². The summed E-state index contributed by atoms with van der Waals surface area (Å²) in [5, 5.41) is 0. The minimum Gasteiger partial charge on any atom is -0.473 e. The Morgan fingerprint density at radius 1 is 0.750 bits per heavy atom. The van der Waals surface area contributed by atoms with Crippen LogP contribution in [0.15, 0.2) is 24.3 Å². The molecule has 0 unspecified atom stereocenters. The number of carbonyl (C=O) groups is 4. The molecule has 0 saturated heterocycles. The lowest BCUT2D eigenvalue weighted by Gasteiger charge is -2.40. The van der Waals surface area contributed by atoms with Gasteiger partial charge in [-0.05, 0) is 104 Å². The molecule has 2 aliphatic heterocycles. The molecule has 0 atom stereocenters. The van der Waals surface area contributed by atoms with Crippen LogP contribution in [0.25, 0.3) is 0 Å². The maximum atomic E-state index is 15.2. The number of unbranched alkanes of at least 4 members (excludes halogenated alkanes) is 2. The molecule has 0 radical (unpaired) electrons. The summed E-state index contributed by atoms with van der Waals surface area (Å²) in [6, 6.07) is 5.54. The van der Waals surface area contributed by atoms with Gasteiger partial charge in [0.25, 0.3) is 17.7 Å². The van der Waals surface area contributed by atoms with Crippen molar-refractivity contribution in [2.75, 3.05) is 57.4 Å². The second-order valence-corrected chi connectivity index (χ2v) is 15.7. The van der Waals surface area contributed by atoms with E-state index in [1.54, 1.807) is 52.9 Å². The predicted octanol–water partition coefficient (Wildman–Crippen LogP) is 7.48. The van der Waals surface area contributed by atoms with Gasteiger partial charge >= 0.3 is 5.97 Å². The quantitative estimate of drug-likeness (QED) is 0.142. The van der Waals surface area contributed by atoms with Crippen LogP contribution in [0.3, 0.4) is 0 Å². The number of hydrogen-bond acceptors (Lipinski definition) is 9. The van der Waals surface area contributed by atoms with Crippen LogP contribution in [-0.2, 0) is 23.8 Å². The Balaban J connectivity index is 0.000000259. The van der Waals surface area contributed by atoms with Crippen LogP contribution in [0.5, 0.6) is 11.5 Å². The molecule has 0 N–H and O–H groups in total. The highest BCUT2D eigenvalue weighted by Crippen LogP contribution is 2.42. The molecular weight excluding hydrogens is 728 g/mol. The Bertz CT molecular complexity index is 1730. The third-order valence-corrected chi connectivity index (χ3v) is 10.3. The molecule has 1 fully saturated rings. The van der Waals surface area contributed by atoms with E-state index in [1.165, 1.54) is 30.6 Å². The van der Waals surface area contributed by atoms with E-state index in [-0.39, 0.29) is 58.1 Å². The van der Waals surface area contributed by atoms with Gasteiger partial charge in [0.2, 0.25) is 0 Å². The summed E-state index contributed by atoms with van der Waals surface area (Å²) in [4.78, 5) is 55.9. The summed E-state index contributed by atoms with van der Waals surface area (Å²) in [5.74, 6) is -2.69. The number of nitrogens with zero attached hydrogens (tertiary/aromatic N) is 3. The average Bonchev–Trinajstić information content (AvgIpc) is 3.15. The normalized spacial score (nSPS) is 17.3. The number of halogens is 2. The van der Waals surface area contributed by atoms with Crippen molar-refractivity contribution in [1.82, 2.24) is 4.90 Å². The Labute approximate surface area is 329 Å². The minimum atomic E-state index is -1.18. The Kier molecular flexibility index (Phi) is 15.3. The van der Waals surface area contributed by atoms with Gasteiger partial charge in [-0.15, -0.1) is 0 Å². The van der Waals surface area contributed by atoms with E-state index in [0.29, 0.717) is 44.8 Å². The van der Waals surface area contributed by atoms with Crippen LogP contribution in [0.1, 0.15) is 120 Å². The van der Waals surface area contributed by atoms with E-state index in [9.17, 15) is 23.6 Å². The highest BCUT2D eigenvalue weighted by atomic mass is 19.1. The number of benzene rings is 2. The number of amides is 3. The van der Waals surface area contributed by atoms with E-state index in [2.05, 4.69) is 4.74 Å². The van der Waals surface area contributed by atoms with E-state index < -0.39 is 28.8 Å². The number of anilines is 2. The lowest BCUT2D eigenvalue weighted by molar-refractivity contribution is -0.133. The maximum Gasteiger partial charge on any atom is 0.338 e. The van der Waals surface area contributed by atoms with Crippen molar-refractivity contribution < 1.29 is 51.6 Å². The summed E-state index contributed by atoms with van der Waals surface area (Å²) >= 11 is 0. The Hall–Kier alpha value is -4.30. The van der Waals surface area contributed by atoms with Gasteiger partial charge in [-0.25, -0.2) is 13.6 Å². The molecule has 1 saturated carbocycles. The first-order chi connectivity index (χ1) is 26.5. The summed E-state index contributed by atoms with van der Waals surface area (Å²) in [6.07, 6.45) is 8.26. The molecule has 0 bridgehead atoms. The molecule has 12 nitrogen and oxygen atoms in total. The fraction of sp³-hybridized carbons (Fsp3) is 0.619. The lowest BCUT2D eigenvalue weighted by atomic mass is 9.92. The van der Waals surface area contributed by atoms with Crippen LogP contribution in [-0.4, -0.2) is 99.5 Å². The first-order valence-corrected chi connectivity index (χ1v) is 19.6. The number of ether oxygens (including phenoxy) is 5. The van der Waals surface area contributed by atoms with Crippen molar-refractivity contribution in [3.8, 4) is 11.5 Å². The van der Waals surface area contributed by atoms with Gasteiger partial charge in [0.15, 0.2) is 34.3 Å². The molecule has 2 aromatic rings. The third-order valence-electron chi connectivity index (χ3n) is 10.3. The molecule has 5 rings (SSSR count). The van der Waals surface area contributed by atoms with Crippen molar-refractivity contribution in [1.29, 1.82) is 0 Å². The average molecular weight is 788 g/mol. The standard InChI is InChI=1S/C25H37FN2O4.C17H22FNO5/c1-17(2)28(19-11-7-6-8-12-19)23(29)18-15-20(26)22-21(16-18)27(13-9-10-14-31-5)24(30)25(3,4)32-22;1-17(2)16(21)19(7-5-6-8-22-3)13-10-11(15(20)23-4)9-12(18)14(13)24-17/h15-17,19H,6-14H2,1-5H3;9-10H,5-8H2,1-4H3. The van der Waals surface area contributed by atoms with Gasteiger partial charge in [0.1, 0.15) is 0 Å². The van der Waals surface area contributed by atoms with E-state index in [4.69, 9.17) is 18.9 Å².